The van der Waals surface area contributed by atoms with Gasteiger partial charge < -0.3 is 10.8 Å². The lowest BCUT2D eigenvalue weighted by Crippen LogP contribution is -2.12. The summed E-state index contributed by atoms with van der Waals surface area (Å²) in [6.45, 7) is 2.15. The zero-order chi connectivity index (χ0) is 11.0. The number of imidazole rings is 1. The minimum atomic E-state index is -0.723. The summed E-state index contributed by atoms with van der Waals surface area (Å²) in [4.78, 5) is 4.37. The molecule has 0 saturated carbocycles. The van der Waals surface area contributed by atoms with E-state index in [9.17, 15) is 5.11 Å². The van der Waals surface area contributed by atoms with E-state index in [-0.39, 0.29) is 6.54 Å². The largest absolute Gasteiger partial charge is 0.385 e. The van der Waals surface area contributed by atoms with Gasteiger partial charge in [0, 0.05) is 12.7 Å². The van der Waals surface area contributed by atoms with E-state index in [1.165, 1.54) is 0 Å². The van der Waals surface area contributed by atoms with Crippen molar-refractivity contribution in [3.05, 3.63) is 34.2 Å². The number of halogens is 1. The van der Waals surface area contributed by atoms with E-state index in [0.717, 1.165) is 15.8 Å². The van der Waals surface area contributed by atoms with E-state index < -0.39 is 6.10 Å². The van der Waals surface area contributed by atoms with Crippen molar-refractivity contribution in [1.29, 1.82) is 0 Å². The Kier molecular flexibility index (Phi) is 2.77. The van der Waals surface area contributed by atoms with Gasteiger partial charge in [-0.3, -0.25) is 4.40 Å². The average Bonchev–Trinajstić information content (AvgIpc) is 2.57. The summed E-state index contributed by atoms with van der Waals surface area (Å²) in [5.74, 6) is 0. The van der Waals surface area contributed by atoms with Crippen molar-refractivity contribution in [3.8, 4) is 0 Å². The summed E-state index contributed by atoms with van der Waals surface area (Å²) in [5.41, 5.74) is 7.91. The predicted octanol–water partition coefficient (Wildman–Crippen LogP) is 1.40. The van der Waals surface area contributed by atoms with Crippen LogP contribution in [0.3, 0.4) is 0 Å². The molecule has 5 heteroatoms. The SMILES string of the molecule is Cc1cccn2c(Br)c(C(O)CN)nc12. The highest BCUT2D eigenvalue weighted by Crippen LogP contribution is 2.25. The summed E-state index contributed by atoms with van der Waals surface area (Å²) < 4.78 is 2.66. The third-order valence-electron chi connectivity index (χ3n) is 2.35. The summed E-state index contributed by atoms with van der Waals surface area (Å²) in [5, 5.41) is 9.67. The van der Waals surface area contributed by atoms with Crippen LogP contribution in [0.15, 0.2) is 22.9 Å². The number of fused-ring (bicyclic) bond motifs is 1. The first-order valence-electron chi connectivity index (χ1n) is 4.66. The highest BCUT2D eigenvalue weighted by Gasteiger charge is 2.16. The number of aryl methyl sites for hydroxylation is 1. The molecule has 2 aromatic rings. The Morgan fingerprint density at radius 3 is 3.00 bits per heavy atom. The van der Waals surface area contributed by atoms with Crippen LogP contribution in [0.4, 0.5) is 0 Å². The molecule has 0 aliphatic rings. The molecule has 0 radical (unpaired) electrons. The molecule has 2 rings (SSSR count). The molecule has 15 heavy (non-hydrogen) atoms. The lowest BCUT2D eigenvalue weighted by atomic mass is 10.3. The maximum Gasteiger partial charge on any atom is 0.140 e. The number of rotatable bonds is 2. The van der Waals surface area contributed by atoms with Crippen molar-refractivity contribution in [2.75, 3.05) is 6.54 Å². The van der Waals surface area contributed by atoms with Gasteiger partial charge in [-0.1, -0.05) is 6.07 Å². The Balaban J connectivity index is 2.69. The van der Waals surface area contributed by atoms with Crippen LogP contribution in [0.25, 0.3) is 5.65 Å². The van der Waals surface area contributed by atoms with Gasteiger partial charge in [0.15, 0.2) is 0 Å². The zero-order valence-corrected chi connectivity index (χ0v) is 9.90. The number of pyridine rings is 1. The number of nitrogens with two attached hydrogens (primary N) is 1. The number of hydrogen-bond acceptors (Lipinski definition) is 3. The first-order valence-corrected chi connectivity index (χ1v) is 5.45. The van der Waals surface area contributed by atoms with Gasteiger partial charge in [0.1, 0.15) is 22.0 Å². The zero-order valence-electron chi connectivity index (χ0n) is 8.31. The Bertz CT molecular complexity index is 495. The van der Waals surface area contributed by atoms with Crippen molar-refractivity contribution in [1.82, 2.24) is 9.38 Å². The van der Waals surface area contributed by atoms with Gasteiger partial charge in [-0.05, 0) is 34.5 Å². The fourth-order valence-electron chi connectivity index (χ4n) is 1.52. The van der Waals surface area contributed by atoms with Crippen LogP contribution >= 0.6 is 15.9 Å². The van der Waals surface area contributed by atoms with Gasteiger partial charge >= 0.3 is 0 Å². The molecule has 0 aliphatic carbocycles. The molecule has 2 heterocycles. The van der Waals surface area contributed by atoms with Gasteiger partial charge in [0.05, 0.1) is 0 Å². The smallest absolute Gasteiger partial charge is 0.140 e. The number of aromatic nitrogens is 2. The second-order valence-corrected chi connectivity index (χ2v) is 4.18. The minimum absolute atomic E-state index is 0.168. The minimum Gasteiger partial charge on any atom is -0.385 e. The fraction of sp³-hybridized carbons (Fsp3) is 0.300. The molecule has 80 valence electrons. The number of aliphatic hydroxyl groups excluding tert-OH is 1. The fourth-order valence-corrected chi connectivity index (χ4v) is 2.16. The number of nitrogens with zero attached hydrogens (tertiary/aromatic N) is 2. The van der Waals surface area contributed by atoms with Crippen LogP contribution in [-0.4, -0.2) is 21.0 Å². The standard InChI is InChI=1S/C10H12BrN3O/c1-6-3-2-4-14-9(11)8(7(15)5-12)13-10(6)14/h2-4,7,15H,5,12H2,1H3. The molecule has 4 nitrogen and oxygen atoms in total. The van der Waals surface area contributed by atoms with Gasteiger partial charge in [-0.15, -0.1) is 0 Å². The highest BCUT2D eigenvalue weighted by molar-refractivity contribution is 9.10. The molecule has 1 unspecified atom stereocenters. The molecule has 0 saturated heterocycles. The molecular formula is C10H12BrN3O. The molecule has 0 aromatic carbocycles. The first kappa shape index (κ1) is 10.6. The number of hydrogen-bond donors (Lipinski definition) is 2. The Labute approximate surface area is 95.9 Å². The van der Waals surface area contributed by atoms with E-state index in [1.807, 2.05) is 29.7 Å². The monoisotopic (exact) mass is 269 g/mol. The summed E-state index contributed by atoms with van der Waals surface area (Å²) in [6, 6.07) is 3.92. The molecule has 0 bridgehead atoms. The molecule has 1 atom stereocenters. The van der Waals surface area contributed by atoms with E-state index >= 15 is 0 Å². The lowest BCUT2D eigenvalue weighted by Gasteiger charge is -2.03. The summed E-state index contributed by atoms with van der Waals surface area (Å²) in [6.07, 6.45) is 1.17. The maximum absolute atomic E-state index is 9.67. The Morgan fingerprint density at radius 1 is 1.67 bits per heavy atom. The molecule has 0 amide bonds. The second kappa shape index (κ2) is 3.92. The lowest BCUT2D eigenvalue weighted by molar-refractivity contribution is 0.181. The van der Waals surface area contributed by atoms with Crippen LogP contribution < -0.4 is 5.73 Å². The van der Waals surface area contributed by atoms with Crippen LogP contribution in [0.1, 0.15) is 17.4 Å². The van der Waals surface area contributed by atoms with Gasteiger partial charge in [-0.2, -0.15) is 0 Å². The molecule has 0 aliphatic heterocycles. The molecule has 3 N–H and O–H groups in total. The van der Waals surface area contributed by atoms with E-state index in [2.05, 4.69) is 20.9 Å². The quantitative estimate of drug-likeness (QED) is 0.867. The maximum atomic E-state index is 9.67. The van der Waals surface area contributed by atoms with Gasteiger partial charge in [-0.25, -0.2) is 4.98 Å². The average molecular weight is 270 g/mol. The van der Waals surface area contributed by atoms with Crippen LogP contribution in [0, 0.1) is 6.92 Å². The van der Waals surface area contributed by atoms with Crippen LogP contribution in [-0.2, 0) is 0 Å². The van der Waals surface area contributed by atoms with Gasteiger partial charge in [0.25, 0.3) is 0 Å². The van der Waals surface area contributed by atoms with Crippen molar-refractivity contribution >= 4 is 21.6 Å². The molecule has 0 fully saturated rings. The Morgan fingerprint density at radius 2 is 2.40 bits per heavy atom. The van der Waals surface area contributed by atoms with E-state index in [4.69, 9.17) is 5.73 Å². The first-order chi connectivity index (χ1) is 7.15. The third-order valence-corrected chi connectivity index (χ3v) is 3.14. The topological polar surface area (TPSA) is 63.5 Å². The van der Waals surface area contributed by atoms with Crippen molar-refractivity contribution in [2.24, 2.45) is 5.73 Å². The van der Waals surface area contributed by atoms with Gasteiger partial charge in [0.2, 0.25) is 0 Å². The normalized spacial score (nSPS) is 13.3. The summed E-state index contributed by atoms with van der Waals surface area (Å²) >= 11 is 3.41. The number of aliphatic hydroxyl groups is 1. The Hall–Kier alpha value is -0.910. The van der Waals surface area contributed by atoms with E-state index in [1.54, 1.807) is 0 Å². The van der Waals surface area contributed by atoms with Crippen molar-refractivity contribution in [3.63, 3.8) is 0 Å². The second-order valence-electron chi connectivity index (χ2n) is 3.42. The summed E-state index contributed by atoms with van der Waals surface area (Å²) in [7, 11) is 0. The third kappa shape index (κ3) is 1.67. The molecule has 0 spiro atoms. The van der Waals surface area contributed by atoms with Crippen LogP contribution in [0.2, 0.25) is 0 Å². The predicted molar refractivity (Wildman–Crippen MR) is 61.6 cm³/mol. The molecule has 2 aromatic heterocycles. The van der Waals surface area contributed by atoms with Crippen LogP contribution in [0.5, 0.6) is 0 Å². The van der Waals surface area contributed by atoms with Crippen molar-refractivity contribution in [2.45, 2.75) is 13.0 Å². The van der Waals surface area contributed by atoms with Crippen molar-refractivity contribution < 1.29 is 5.11 Å². The molecular weight excluding hydrogens is 258 g/mol. The highest BCUT2D eigenvalue weighted by atomic mass is 79.9. The van der Waals surface area contributed by atoms with E-state index in [0.29, 0.717) is 5.69 Å².